The van der Waals surface area contributed by atoms with Gasteiger partial charge in [0.05, 0.1) is 0 Å². The van der Waals surface area contributed by atoms with E-state index in [2.05, 4.69) is 14.9 Å². The molecule has 1 aliphatic heterocycles. The number of rotatable bonds is 3. The van der Waals surface area contributed by atoms with Gasteiger partial charge in [0.25, 0.3) is 0 Å². The number of hydrogen-bond donors (Lipinski definition) is 1. The molecule has 1 N–H and O–H groups in total. The molecule has 1 aliphatic carbocycles. The average Bonchev–Trinajstić information content (AvgIpc) is 2.81. The zero-order chi connectivity index (χ0) is 16.4. The fourth-order valence-electron chi connectivity index (χ4n) is 3.72. The monoisotopic (exact) mass is 337 g/mol. The molecule has 1 spiro atoms. The van der Waals surface area contributed by atoms with E-state index in [0.717, 1.165) is 23.6 Å². The lowest BCUT2D eigenvalue weighted by atomic mass is 9.59. The lowest BCUT2D eigenvalue weighted by molar-refractivity contribution is -0.164. The molecule has 23 heavy (non-hydrogen) atoms. The van der Waals surface area contributed by atoms with Gasteiger partial charge in [0.2, 0.25) is 10.0 Å². The Kier molecular flexibility index (Phi) is 2.86. The van der Waals surface area contributed by atoms with Crippen molar-refractivity contribution in [1.29, 1.82) is 0 Å². The summed E-state index contributed by atoms with van der Waals surface area (Å²) in [6, 6.07) is 2.24. The second kappa shape index (κ2) is 4.51. The number of sulfonamides is 1. The van der Waals surface area contributed by atoms with Gasteiger partial charge in [-0.05, 0) is 41.7 Å². The highest BCUT2D eigenvalue weighted by atomic mass is 32.2. The van der Waals surface area contributed by atoms with Crippen LogP contribution in [0.4, 0.5) is 0 Å². The largest absolute Gasteiger partial charge is 0.480 e. The molecule has 1 atom stereocenters. The maximum Gasteiger partial charge on any atom is 0.322 e. The zero-order valence-corrected chi connectivity index (χ0v) is 13.2. The minimum Gasteiger partial charge on any atom is -0.480 e. The number of aryl methyl sites for hydroxylation is 1. The van der Waals surface area contributed by atoms with Crippen molar-refractivity contribution in [2.75, 3.05) is 6.54 Å². The summed E-state index contributed by atoms with van der Waals surface area (Å²) < 4.78 is 31.8. The summed E-state index contributed by atoms with van der Waals surface area (Å²) in [5, 5.41) is 16.9. The molecule has 0 bridgehead atoms. The molecule has 122 valence electrons. The molecule has 2 fully saturated rings. The number of hydrogen-bond acceptors (Lipinski definition) is 6. The number of carbonyl (C=O) groups is 1. The summed E-state index contributed by atoms with van der Waals surface area (Å²) in [5.74, 6) is -1.09. The molecule has 1 aromatic heterocycles. The van der Waals surface area contributed by atoms with Crippen LogP contribution in [0.25, 0.3) is 11.0 Å². The Morgan fingerprint density at radius 3 is 2.74 bits per heavy atom. The Balaban J connectivity index is 1.83. The molecule has 8 nitrogen and oxygen atoms in total. The second-order valence-corrected chi connectivity index (χ2v) is 8.18. The number of fused-ring (bicyclic) bond motifs is 1. The highest BCUT2D eigenvalue weighted by molar-refractivity contribution is 7.89. The third-order valence-corrected chi connectivity index (χ3v) is 7.06. The van der Waals surface area contributed by atoms with Gasteiger partial charge in [-0.3, -0.25) is 4.79 Å². The standard InChI is InChI=1S/C14H15N3O5S/c1-8-3-4-9-10(16-22-15-9)11(8)23(20,21)17-7-14(5-2-6-14)12(17)13(18)19/h3-4,12H,2,5-7H2,1H3,(H,18,19). The summed E-state index contributed by atoms with van der Waals surface area (Å²) in [4.78, 5) is 11.6. The Morgan fingerprint density at radius 2 is 2.13 bits per heavy atom. The van der Waals surface area contributed by atoms with Gasteiger partial charge in [-0.15, -0.1) is 0 Å². The minimum atomic E-state index is -3.98. The maximum atomic E-state index is 13.0. The number of aromatic nitrogens is 2. The summed E-state index contributed by atoms with van der Waals surface area (Å²) >= 11 is 0. The van der Waals surface area contributed by atoms with Gasteiger partial charge >= 0.3 is 5.97 Å². The SMILES string of the molecule is Cc1ccc2nonc2c1S(=O)(=O)N1CC2(CCC2)C1C(=O)O. The van der Waals surface area contributed by atoms with Crippen LogP contribution >= 0.6 is 0 Å². The topological polar surface area (TPSA) is 114 Å². The van der Waals surface area contributed by atoms with Gasteiger partial charge < -0.3 is 5.11 Å². The predicted molar refractivity (Wildman–Crippen MR) is 78.1 cm³/mol. The van der Waals surface area contributed by atoms with E-state index in [-0.39, 0.29) is 17.0 Å². The van der Waals surface area contributed by atoms with Crippen LogP contribution in [0.3, 0.4) is 0 Å². The molecular formula is C14H15N3O5S. The molecule has 1 aromatic carbocycles. The number of nitrogens with zero attached hydrogens (tertiary/aromatic N) is 3. The normalized spacial score (nSPS) is 23.6. The number of carboxylic acids is 1. The molecule has 2 heterocycles. The van der Waals surface area contributed by atoms with Gasteiger partial charge in [0.1, 0.15) is 16.5 Å². The summed E-state index contributed by atoms with van der Waals surface area (Å²) in [6.45, 7) is 1.89. The van der Waals surface area contributed by atoms with E-state index in [1.807, 2.05) is 0 Å². The van der Waals surface area contributed by atoms with Crippen LogP contribution in [0, 0.1) is 12.3 Å². The van der Waals surface area contributed by atoms with Crippen LogP contribution in [0.15, 0.2) is 21.7 Å². The lowest BCUT2D eigenvalue weighted by Gasteiger charge is -2.59. The van der Waals surface area contributed by atoms with Crippen molar-refractivity contribution in [2.45, 2.75) is 37.1 Å². The molecule has 0 amide bonds. The average molecular weight is 337 g/mol. The van der Waals surface area contributed by atoms with Gasteiger partial charge in [0, 0.05) is 12.0 Å². The molecule has 0 radical (unpaired) electrons. The molecule has 2 aromatic rings. The molecule has 1 unspecified atom stereocenters. The Labute approximate surface area is 132 Å². The van der Waals surface area contributed by atoms with Gasteiger partial charge in [-0.1, -0.05) is 12.5 Å². The predicted octanol–water partition coefficient (Wildman–Crippen LogP) is 1.16. The van der Waals surface area contributed by atoms with E-state index in [4.69, 9.17) is 0 Å². The second-order valence-electron chi connectivity index (χ2n) is 6.35. The lowest BCUT2D eigenvalue weighted by Crippen LogP contribution is -2.71. The molecule has 9 heteroatoms. The van der Waals surface area contributed by atoms with Gasteiger partial charge in [-0.2, -0.15) is 4.31 Å². The third-order valence-electron chi connectivity index (χ3n) is 5.07. The number of benzene rings is 1. The van der Waals surface area contributed by atoms with Crippen LogP contribution in [0.2, 0.25) is 0 Å². The fourth-order valence-corrected chi connectivity index (χ4v) is 5.84. The maximum absolute atomic E-state index is 13.0. The van der Waals surface area contributed by atoms with Crippen molar-refractivity contribution < 1.29 is 22.9 Å². The number of carboxylic acid groups (broad SMARTS) is 1. The van der Waals surface area contributed by atoms with E-state index in [1.165, 1.54) is 0 Å². The van der Waals surface area contributed by atoms with Crippen LogP contribution in [0.5, 0.6) is 0 Å². The molecule has 2 aliphatic rings. The van der Waals surface area contributed by atoms with Crippen LogP contribution in [0.1, 0.15) is 24.8 Å². The highest BCUT2D eigenvalue weighted by Gasteiger charge is 2.63. The summed E-state index contributed by atoms with van der Waals surface area (Å²) in [7, 11) is -3.98. The van der Waals surface area contributed by atoms with Gasteiger partial charge in [0.15, 0.2) is 5.52 Å². The van der Waals surface area contributed by atoms with Crippen LogP contribution in [-0.2, 0) is 14.8 Å². The van der Waals surface area contributed by atoms with Crippen LogP contribution in [-0.4, -0.2) is 46.7 Å². The van der Waals surface area contributed by atoms with E-state index >= 15 is 0 Å². The Hall–Kier alpha value is -2.00. The van der Waals surface area contributed by atoms with E-state index in [1.54, 1.807) is 19.1 Å². The first-order chi connectivity index (χ1) is 10.9. The quantitative estimate of drug-likeness (QED) is 0.894. The van der Waals surface area contributed by atoms with Crippen molar-refractivity contribution in [3.05, 3.63) is 17.7 Å². The van der Waals surface area contributed by atoms with Crippen molar-refractivity contribution in [2.24, 2.45) is 5.41 Å². The third kappa shape index (κ3) is 1.80. The first kappa shape index (κ1) is 14.6. The molecule has 1 saturated carbocycles. The summed E-state index contributed by atoms with van der Waals surface area (Å²) in [5.41, 5.74) is 0.568. The van der Waals surface area contributed by atoms with Crippen molar-refractivity contribution in [3.63, 3.8) is 0 Å². The van der Waals surface area contributed by atoms with Crippen molar-refractivity contribution in [3.8, 4) is 0 Å². The Morgan fingerprint density at radius 1 is 1.39 bits per heavy atom. The van der Waals surface area contributed by atoms with Crippen molar-refractivity contribution in [1.82, 2.24) is 14.6 Å². The van der Waals surface area contributed by atoms with Crippen molar-refractivity contribution >= 4 is 27.0 Å². The fraction of sp³-hybridized carbons (Fsp3) is 0.500. The van der Waals surface area contributed by atoms with E-state index in [9.17, 15) is 18.3 Å². The van der Waals surface area contributed by atoms with E-state index < -0.39 is 27.4 Å². The van der Waals surface area contributed by atoms with Gasteiger partial charge in [-0.25, -0.2) is 13.0 Å². The molecular weight excluding hydrogens is 322 g/mol. The smallest absolute Gasteiger partial charge is 0.322 e. The minimum absolute atomic E-state index is 0.0170. The molecule has 1 saturated heterocycles. The first-order valence-corrected chi connectivity index (χ1v) is 8.77. The zero-order valence-electron chi connectivity index (χ0n) is 12.4. The first-order valence-electron chi connectivity index (χ1n) is 7.33. The highest BCUT2D eigenvalue weighted by Crippen LogP contribution is 2.55. The summed E-state index contributed by atoms with van der Waals surface area (Å²) in [6.07, 6.45) is 2.45. The number of aliphatic carboxylic acids is 1. The van der Waals surface area contributed by atoms with Crippen LogP contribution < -0.4 is 0 Å². The Bertz CT molecular complexity index is 916. The van der Waals surface area contributed by atoms with E-state index in [0.29, 0.717) is 11.1 Å². The molecule has 4 rings (SSSR count).